The number of hydrogen-bond donors (Lipinski definition) is 1. The molecular weight excluding hydrogens is 248 g/mol. The molecule has 0 aromatic carbocycles. The van der Waals surface area contributed by atoms with E-state index >= 15 is 0 Å². The topological polar surface area (TPSA) is 37.3 Å². The average molecular weight is 280 g/mol. The molecule has 0 aliphatic heterocycles. The highest BCUT2D eigenvalue weighted by Crippen LogP contribution is 2.43. The Bertz CT molecular complexity index is 300. The molecular formula is C18H32O2. The van der Waals surface area contributed by atoms with Gasteiger partial charge in [0.1, 0.15) is 5.78 Å². The molecule has 116 valence electrons. The summed E-state index contributed by atoms with van der Waals surface area (Å²) >= 11 is 0. The van der Waals surface area contributed by atoms with Crippen molar-refractivity contribution in [3.63, 3.8) is 0 Å². The molecule has 0 radical (unpaired) electrons. The first kappa shape index (κ1) is 16.0. The summed E-state index contributed by atoms with van der Waals surface area (Å²) in [5.74, 6) is 0.379. The Hall–Kier alpha value is -0.370. The van der Waals surface area contributed by atoms with Gasteiger partial charge in [-0.1, -0.05) is 64.2 Å². The van der Waals surface area contributed by atoms with E-state index in [1.807, 2.05) is 0 Å². The molecule has 0 aromatic heterocycles. The smallest absolute Gasteiger partial charge is 0.141 e. The molecule has 0 heterocycles. The number of carbonyl (C=O) groups excluding carboxylic acids is 1. The second-order valence-electron chi connectivity index (χ2n) is 7.02. The van der Waals surface area contributed by atoms with Crippen molar-refractivity contribution in [3.8, 4) is 0 Å². The number of carbonyl (C=O) groups is 1. The second-order valence-corrected chi connectivity index (χ2v) is 7.02. The van der Waals surface area contributed by atoms with Crippen molar-refractivity contribution in [2.45, 2.75) is 102 Å². The summed E-state index contributed by atoms with van der Waals surface area (Å²) in [6.45, 7) is 0. The van der Waals surface area contributed by atoms with Gasteiger partial charge in [0.2, 0.25) is 0 Å². The van der Waals surface area contributed by atoms with E-state index in [-0.39, 0.29) is 11.5 Å². The van der Waals surface area contributed by atoms with Crippen molar-refractivity contribution < 1.29 is 9.90 Å². The lowest BCUT2D eigenvalue weighted by Crippen LogP contribution is -2.44. The highest BCUT2D eigenvalue weighted by molar-refractivity contribution is 5.85. The van der Waals surface area contributed by atoms with Crippen LogP contribution in [0.5, 0.6) is 0 Å². The Labute approximate surface area is 124 Å². The van der Waals surface area contributed by atoms with Gasteiger partial charge >= 0.3 is 0 Å². The van der Waals surface area contributed by atoms with Gasteiger partial charge in [-0.2, -0.15) is 0 Å². The average Bonchev–Trinajstić information content (AvgIpc) is 2.47. The van der Waals surface area contributed by atoms with Crippen LogP contribution in [-0.2, 0) is 4.79 Å². The van der Waals surface area contributed by atoms with Gasteiger partial charge in [0.05, 0.1) is 11.5 Å². The van der Waals surface area contributed by atoms with Crippen LogP contribution in [0.25, 0.3) is 0 Å². The van der Waals surface area contributed by atoms with Gasteiger partial charge in [-0.15, -0.1) is 0 Å². The Morgan fingerprint density at radius 1 is 0.750 bits per heavy atom. The molecule has 0 bridgehead atoms. The zero-order chi connectivity index (χ0) is 14.3. The van der Waals surface area contributed by atoms with E-state index in [2.05, 4.69) is 0 Å². The SMILES string of the molecule is O=C1CCCCCCCCCCC[C@]12CCCC[C@@H]2O. The molecule has 0 unspecified atom stereocenters. The van der Waals surface area contributed by atoms with Crippen molar-refractivity contribution >= 4 is 5.78 Å². The quantitative estimate of drug-likeness (QED) is 0.693. The molecule has 2 nitrogen and oxygen atoms in total. The van der Waals surface area contributed by atoms with Gasteiger partial charge in [0.15, 0.2) is 0 Å². The van der Waals surface area contributed by atoms with Gasteiger partial charge in [-0.05, 0) is 25.7 Å². The van der Waals surface area contributed by atoms with Crippen LogP contribution in [0.3, 0.4) is 0 Å². The molecule has 0 amide bonds. The van der Waals surface area contributed by atoms with Crippen molar-refractivity contribution in [3.05, 3.63) is 0 Å². The van der Waals surface area contributed by atoms with E-state index in [0.29, 0.717) is 12.2 Å². The van der Waals surface area contributed by atoms with Crippen molar-refractivity contribution in [2.75, 3.05) is 0 Å². The molecule has 0 aromatic rings. The highest BCUT2D eigenvalue weighted by Gasteiger charge is 2.44. The summed E-state index contributed by atoms with van der Waals surface area (Å²) in [5, 5.41) is 10.5. The van der Waals surface area contributed by atoms with Gasteiger partial charge in [-0.25, -0.2) is 0 Å². The van der Waals surface area contributed by atoms with Crippen LogP contribution < -0.4 is 0 Å². The zero-order valence-corrected chi connectivity index (χ0v) is 13.0. The number of rotatable bonds is 0. The first-order chi connectivity index (χ1) is 9.76. The highest BCUT2D eigenvalue weighted by atomic mass is 16.3. The lowest BCUT2D eigenvalue weighted by molar-refractivity contribution is -0.140. The Morgan fingerprint density at radius 3 is 1.90 bits per heavy atom. The largest absolute Gasteiger partial charge is 0.392 e. The minimum atomic E-state index is -0.369. The van der Waals surface area contributed by atoms with Crippen molar-refractivity contribution in [1.82, 2.24) is 0 Å². The number of aliphatic hydroxyl groups is 1. The lowest BCUT2D eigenvalue weighted by Gasteiger charge is -2.40. The molecule has 1 N–H and O–H groups in total. The summed E-state index contributed by atoms with van der Waals surface area (Å²) in [6, 6.07) is 0. The first-order valence-electron chi connectivity index (χ1n) is 8.97. The number of Topliss-reactive ketones (excluding diaryl/α,β-unsaturated/α-hetero) is 1. The maximum atomic E-state index is 12.7. The van der Waals surface area contributed by atoms with E-state index in [0.717, 1.165) is 44.9 Å². The Kier molecular flexibility index (Phi) is 6.54. The molecule has 2 rings (SSSR count). The van der Waals surface area contributed by atoms with E-state index in [1.54, 1.807) is 0 Å². The van der Waals surface area contributed by atoms with E-state index in [4.69, 9.17) is 0 Å². The standard InChI is InChI=1S/C18H32O2/c19-16-12-8-6-4-2-1-3-5-7-10-14-18(16)15-11-9-13-17(18)20/h17,20H,1-15H2/t17-,18-/m0/s1. The van der Waals surface area contributed by atoms with Gasteiger partial charge in [0, 0.05) is 6.42 Å². The second kappa shape index (κ2) is 8.17. The van der Waals surface area contributed by atoms with E-state index < -0.39 is 0 Å². The predicted octanol–water partition coefficient (Wildman–Crippen LogP) is 4.78. The summed E-state index contributed by atoms with van der Waals surface area (Å²) in [5.41, 5.74) is -0.369. The molecule has 2 saturated carbocycles. The van der Waals surface area contributed by atoms with E-state index in [9.17, 15) is 9.90 Å². The fraction of sp³-hybridized carbons (Fsp3) is 0.944. The molecule has 2 aliphatic rings. The molecule has 2 heteroatoms. The summed E-state index contributed by atoms with van der Waals surface area (Å²) in [4.78, 5) is 12.7. The lowest BCUT2D eigenvalue weighted by atomic mass is 9.65. The summed E-state index contributed by atoms with van der Waals surface area (Å²) in [6.07, 6.45) is 16.5. The van der Waals surface area contributed by atoms with Crippen LogP contribution in [0.1, 0.15) is 96.3 Å². The Balaban J connectivity index is 2.01. The van der Waals surface area contributed by atoms with Crippen LogP contribution in [0, 0.1) is 5.41 Å². The van der Waals surface area contributed by atoms with Crippen LogP contribution in [0.15, 0.2) is 0 Å². The minimum Gasteiger partial charge on any atom is -0.392 e. The van der Waals surface area contributed by atoms with E-state index in [1.165, 1.54) is 44.9 Å². The molecule has 2 aliphatic carbocycles. The van der Waals surface area contributed by atoms with Crippen LogP contribution >= 0.6 is 0 Å². The van der Waals surface area contributed by atoms with Crippen molar-refractivity contribution in [1.29, 1.82) is 0 Å². The molecule has 0 saturated heterocycles. The van der Waals surface area contributed by atoms with Crippen LogP contribution in [0.2, 0.25) is 0 Å². The number of ketones is 1. The van der Waals surface area contributed by atoms with Crippen LogP contribution in [-0.4, -0.2) is 17.0 Å². The third-order valence-electron chi connectivity index (χ3n) is 5.57. The maximum absolute atomic E-state index is 12.7. The fourth-order valence-corrected chi connectivity index (χ4v) is 4.19. The summed E-state index contributed by atoms with van der Waals surface area (Å²) in [7, 11) is 0. The van der Waals surface area contributed by atoms with Gasteiger partial charge in [0.25, 0.3) is 0 Å². The zero-order valence-electron chi connectivity index (χ0n) is 13.0. The number of hydrogen-bond acceptors (Lipinski definition) is 2. The normalized spacial score (nSPS) is 35.0. The maximum Gasteiger partial charge on any atom is 0.141 e. The monoisotopic (exact) mass is 280 g/mol. The molecule has 1 spiro atoms. The molecule has 20 heavy (non-hydrogen) atoms. The Morgan fingerprint density at radius 2 is 1.25 bits per heavy atom. The van der Waals surface area contributed by atoms with Gasteiger partial charge < -0.3 is 5.11 Å². The van der Waals surface area contributed by atoms with Crippen LogP contribution in [0.4, 0.5) is 0 Å². The predicted molar refractivity (Wildman–Crippen MR) is 82.7 cm³/mol. The van der Waals surface area contributed by atoms with Crippen molar-refractivity contribution in [2.24, 2.45) is 5.41 Å². The fourth-order valence-electron chi connectivity index (χ4n) is 4.19. The first-order valence-corrected chi connectivity index (χ1v) is 8.97. The molecule has 2 fully saturated rings. The minimum absolute atomic E-state index is 0.367. The summed E-state index contributed by atoms with van der Waals surface area (Å²) < 4.78 is 0. The third-order valence-corrected chi connectivity index (χ3v) is 5.57. The third kappa shape index (κ3) is 4.07. The molecule has 2 atom stereocenters. The van der Waals surface area contributed by atoms with Gasteiger partial charge in [-0.3, -0.25) is 4.79 Å². The number of aliphatic hydroxyl groups excluding tert-OH is 1.